The van der Waals surface area contributed by atoms with Crippen molar-refractivity contribution in [1.29, 1.82) is 0 Å². The minimum atomic E-state index is -6.13. The largest absolute Gasteiger partial charge is 0.430 e. The highest BCUT2D eigenvalue weighted by atomic mass is 32.2. The Kier molecular flexibility index (Phi) is 8.20. The van der Waals surface area contributed by atoms with Crippen LogP contribution in [0.1, 0.15) is 36.0 Å². The number of alkyl halides is 6. The van der Waals surface area contributed by atoms with Crippen LogP contribution in [0.3, 0.4) is 0 Å². The van der Waals surface area contributed by atoms with E-state index in [1.165, 1.54) is 0 Å². The van der Waals surface area contributed by atoms with E-state index in [2.05, 4.69) is 4.98 Å². The quantitative estimate of drug-likeness (QED) is 0.337. The number of pyridine rings is 1. The summed E-state index contributed by atoms with van der Waals surface area (Å²) in [6.07, 6.45) is -9.37. The number of hydrogen-bond acceptors (Lipinski definition) is 5. The molecule has 0 saturated carbocycles. The molecule has 1 aliphatic rings. The second kappa shape index (κ2) is 11.0. The average Bonchev–Trinajstić information content (AvgIpc) is 2.90. The molecule has 2 aromatic carbocycles. The minimum absolute atomic E-state index is 0.0426. The molecule has 41 heavy (non-hydrogen) atoms. The average molecular weight is 605 g/mol. The summed E-state index contributed by atoms with van der Waals surface area (Å²) < 4.78 is 123. The van der Waals surface area contributed by atoms with Crippen LogP contribution in [-0.4, -0.2) is 42.7 Å². The van der Waals surface area contributed by atoms with Crippen molar-refractivity contribution in [3.8, 4) is 0 Å². The third-order valence-electron chi connectivity index (χ3n) is 6.91. The van der Waals surface area contributed by atoms with Gasteiger partial charge in [0.15, 0.2) is 0 Å². The van der Waals surface area contributed by atoms with Gasteiger partial charge >= 0.3 is 12.4 Å². The maximum Gasteiger partial charge on any atom is 0.430 e. The predicted octanol–water partition coefficient (Wildman–Crippen LogP) is 5.64. The van der Waals surface area contributed by atoms with Crippen LogP contribution >= 0.6 is 0 Å². The zero-order valence-electron chi connectivity index (χ0n) is 21.1. The first-order chi connectivity index (χ1) is 19.1. The van der Waals surface area contributed by atoms with E-state index in [0.717, 1.165) is 40.2 Å². The van der Waals surface area contributed by atoms with Gasteiger partial charge in [-0.2, -0.15) is 26.3 Å². The molecular formula is C27H23F7N2O4S. The summed E-state index contributed by atoms with van der Waals surface area (Å²) in [5.74, 6) is -1.07. The summed E-state index contributed by atoms with van der Waals surface area (Å²) in [4.78, 5) is 16.4. The number of carbonyl (C=O) groups excluding carboxylic acids is 1. The molecule has 1 aromatic heterocycles. The molecule has 0 unspecified atom stereocenters. The van der Waals surface area contributed by atoms with Crippen LogP contribution in [0.15, 0.2) is 71.9 Å². The van der Waals surface area contributed by atoms with Gasteiger partial charge < -0.3 is 5.11 Å². The zero-order chi connectivity index (χ0) is 30.2. The normalized spacial score (nSPS) is 16.4. The summed E-state index contributed by atoms with van der Waals surface area (Å²) in [7, 11) is -4.56. The van der Waals surface area contributed by atoms with Gasteiger partial charge in [0.1, 0.15) is 11.6 Å². The molecule has 0 spiro atoms. The van der Waals surface area contributed by atoms with Crippen LogP contribution in [0.5, 0.6) is 0 Å². The molecule has 6 nitrogen and oxygen atoms in total. The number of benzene rings is 2. The van der Waals surface area contributed by atoms with Crippen molar-refractivity contribution >= 4 is 21.5 Å². The molecule has 2 heterocycles. The summed E-state index contributed by atoms with van der Waals surface area (Å²) in [6.45, 7) is 0. The summed E-state index contributed by atoms with van der Waals surface area (Å²) in [6, 6.07) is 7.64. The maximum atomic E-state index is 13.7. The van der Waals surface area contributed by atoms with Crippen molar-refractivity contribution in [1.82, 2.24) is 4.98 Å². The molecule has 14 heteroatoms. The first kappa shape index (κ1) is 30.4. The van der Waals surface area contributed by atoms with E-state index in [9.17, 15) is 49.1 Å². The molecule has 1 N–H and O–H groups in total. The topological polar surface area (TPSA) is 87.6 Å². The van der Waals surface area contributed by atoms with E-state index in [-0.39, 0.29) is 42.7 Å². The van der Waals surface area contributed by atoms with E-state index in [0.29, 0.717) is 18.6 Å². The second-order valence-corrected chi connectivity index (χ2v) is 11.4. The Morgan fingerprint density at radius 1 is 0.951 bits per heavy atom. The Morgan fingerprint density at radius 3 is 2.15 bits per heavy atom. The molecule has 3 aromatic rings. The lowest BCUT2D eigenvalue weighted by atomic mass is 9.87. The van der Waals surface area contributed by atoms with E-state index < -0.39 is 50.3 Å². The Labute approximate surface area is 230 Å². The molecule has 0 aliphatic carbocycles. The van der Waals surface area contributed by atoms with Gasteiger partial charge in [0.05, 0.1) is 16.6 Å². The second-order valence-electron chi connectivity index (χ2n) is 9.59. The van der Waals surface area contributed by atoms with Gasteiger partial charge in [-0.25, -0.2) is 12.8 Å². The highest BCUT2D eigenvalue weighted by Gasteiger charge is 2.71. The standard InChI is InChI=1S/C27H23F7N2O4S/c28-20-4-8-23(9-5-20)41(39,40)36-21(16-22(37)7-1-17-11-13-35-14-12-17)6-2-18-15-19(3-10-24(18)36)25(38,26(29,30)31)27(32,33)34/h3-5,8-15,21,38H,1-2,6-7,16H2/t21-/m0/s1. The van der Waals surface area contributed by atoms with Crippen LogP contribution in [0.2, 0.25) is 0 Å². The smallest absolute Gasteiger partial charge is 0.369 e. The number of aromatic nitrogens is 1. The molecule has 0 bridgehead atoms. The van der Waals surface area contributed by atoms with Crippen LogP contribution < -0.4 is 4.31 Å². The van der Waals surface area contributed by atoms with E-state index in [4.69, 9.17) is 0 Å². The van der Waals surface area contributed by atoms with Crippen molar-refractivity contribution in [3.05, 3.63) is 89.5 Å². The van der Waals surface area contributed by atoms with E-state index >= 15 is 0 Å². The van der Waals surface area contributed by atoms with Crippen molar-refractivity contribution in [2.75, 3.05) is 4.31 Å². The Morgan fingerprint density at radius 2 is 1.56 bits per heavy atom. The fraction of sp³-hybridized carbons (Fsp3) is 0.333. The Hall–Kier alpha value is -3.52. The summed E-state index contributed by atoms with van der Waals surface area (Å²) in [5.41, 5.74) is -6.37. The number of anilines is 1. The predicted molar refractivity (Wildman–Crippen MR) is 133 cm³/mol. The number of fused-ring (bicyclic) bond motifs is 1. The number of Topliss-reactive ketones (excluding diaryl/α,β-unsaturated/α-hetero) is 1. The number of sulfonamides is 1. The number of aryl methyl sites for hydroxylation is 2. The number of carbonyl (C=O) groups is 1. The van der Waals surface area contributed by atoms with Crippen LogP contribution in [-0.2, 0) is 33.3 Å². The van der Waals surface area contributed by atoms with Gasteiger partial charge in [0.2, 0.25) is 0 Å². The Balaban J connectivity index is 1.74. The third kappa shape index (κ3) is 5.94. The van der Waals surface area contributed by atoms with Crippen molar-refractivity contribution in [3.63, 3.8) is 0 Å². The van der Waals surface area contributed by atoms with Crippen LogP contribution in [0, 0.1) is 5.82 Å². The molecule has 4 rings (SSSR count). The molecule has 1 aliphatic heterocycles. The van der Waals surface area contributed by atoms with Crippen molar-refractivity contribution in [2.45, 2.75) is 61.0 Å². The number of nitrogens with zero attached hydrogens (tertiary/aromatic N) is 2. The molecule has 1 atom stereocenters. The number of aliphatic hydroxyl groups is 1. The molecule has 0 radical (unpaired) electrons. The highest BCUT2D eigenvalue weighted by Crippen LogP contribution is 2.51. The van der Waals surface area contributed by atoms with Gasteiger partial charge in [0, 0.05) is 30.8 Å². The van der Waals surface area contributed by atoms with E-state index in [1.54, 1.807) is 24.5 Å². The fourth-order valence-electron chi connectivity index (χ4n) is 4.78. The van der Waals surface area contributed by atoms with Gasteiger partial charge in [-0.05, 0) is 72.9 Å². The minimum Gasteiger partial charge on any atom is -0.369 e. The van der Waals surface area contributed by atoms with Crippen molar-refractivity contribution < 1.29 is 49.1 Å². The summed E-state index contributed by atoms with van der Waals surface area (Å²) >= 11 is 0. The fourth-order valence-corrected chi connectivity index (χ4v) is 6.50. The van der Waals surface area contributed by atoms with Crippen LogP contribution in [0.4, 0.5) is 36.4 Å². The monoisotopic (exact) mass is 604 g/mol. The lowest BCUT2D eigenvalue weighted by molar-refractivity contribution is -0.376. The lowest BCUT2D eigenvalue weighted by Gasteiger charge is -2.39. The third-order valence-corrected chi connectivity index (χ3v) is 8.79. The highest BCUT2D eigenvalue weighted by molar-refractivity contribution is 7.92. The number of ketones is 1. The summed E-state index contributed by atoms with van der Waals surface area (Å²) in [5, 5.41) is 9.85. The molecule has 0 amide bonds. The molecule has 0 fully saturated rings. The Bertz CT molecular complexity index is 1500. The molecule has 0 saturated heterocycles. The van der Waals surface area contributed by atoms with Crippen LogP contribution in [0.25, 0.3) is 0 Å². The number of hydrogen-bond donors (Lipinski definition) is 1. The van der Waals surface area contributed by atoms with E-state index in [1.807, 2.05) is 0 Å². The SMILES string of the molecule is O=C(CCc1ccncc1)C[C@@H]1CCc2cc(C(O)(C(F)(F)F)C(F)(F)F)ccc2N1S(=O)(=O)c1ccc(F)cc1. The first-order valence-corrected chi connectivity index (χ1v) is 13.7. The zero-order valence-corrected chi connectivity index (χ0v) is 21.9. The number of halogens is 7. The van der Waals surface area contributed by atoms with Gasteiger partial charge in [-0.1, -0.05) is 12.1 Å². The number of rotatable bonds is 8. The first-order valence-electron chi connectivity index (χ1n) is 12.3. The lowest BCUT2D eigenvalue weighted by Crippen LogP contribution is -2.54. The van der Waals surface area contributed by atoms with Gasteiger partial charge in [-0.15, -0.1) is 0 Å². The van der Waals surface area contributed by atoms with Gasteiger partial charge in [-0.3, -0.25) is 14.1 Å². The molecule has 220 valence electrons. The van der Waals surface area contributed by atoms with Crippen molar-refractivity contribution in [2.24, 2.45) is 0 Å². The molecular weight excluding hydrogens is 581 g/mol. The van der Waals surface area contributed by atoms with Gasteiger partial charge in [0.25, 0.3) is 15.6 Å². The maximum absolute atomic E-state index is 13.7.